The van der Waals surface area contributed by atoms with E-state index < -0.39 is 6.10 Å². The quantitative estimate of drug-likeness (QED) is 0.306. The maximum Gasteiger partial charge on any atom is 0.306 e. The summed E-state index contributed by atoms with van der Waals surface area (Å²) < 4.78 is 19.1. The number of halogens is 3. The van der Waals surface area contributed by atoms with Crippen LogP contribution in [0.25, 0.3) is 10.9 Å². The number of esters is 1. The largest absolute Gasteiger partial charge is 0.456 e. The maximum atomic E-state index is 13.4. The minimum absolute atomic E-state index is 0. The molecule has 192 valence electrons. The molecule has 1 aliphatic heterocycles. The third-order valence-corrected chi connectivity index (χ3v) is 6.89. The highest BCUT2D eigenvalue weighted by Crippen LogP contribution is 2.27. The molecule has 0 radical (unpaired) electrons. The van der Waals surface area contributed by atoms with Crippen molar-refractivity contribution in [1.29, 1.82) is 0 Å². The number of hydrogen-bond acceptors (Lipinski definition) is 7. The third kappa shape index (κ3) is 7.24. The smallest absolute Gasteiger partial charge is 0.306 e. The Hall–Kier alpha value is -2.04. The lowest BCUT2D eigenvalue weighted by Crippen LogP contribution is -2.44. The Morgan fingerprint density at radius 1 is 1.23 bits per heavy atom. The summed E-state index contributed by atoms with van der Waals surface area (Å²) in [5, 5.41) is 2.74. The fraction of sp³-hybridized carbons (Fsp3) is 0.458. The second-order valence-electron chi connectivity index (χ2n) is 8.43. The summed E-state index contributed by atoms with van der Waals surface area (Å²) in [6, 6.07) is 4.27. The van der Waals surface area contributed by atoms with Crippen molar-refractivity contribution < 1.29 is 18.7 Å². The molecule has 1 saturated heterocycles. The lowest BCUT2D eigenvalue weighted by atomic mass is 10.1. The number of ether oxygens (including phenoxy) is 1. The molecule has 11 heteroatoms. The van der Waals surface area contributed by atoms with Crippen LogP contribution in [0.5, 0.6) is 0 Å². The van der Waals surface area contributed by atoms with Gasteiger partial charge in [-0.25, -0.2) is 9.37 Å². The van der Waals surface area contributed by atoms with E-state index in [1.54, 1.807) is 17.6 Å². The van der Waals surface area contributed by atoms with E-state index in [2.05, 4.69) is 26.8 Å². The number of likely N-dealkylation sites (N-methyl/N-ethyl adjacent to an activating group) is 1. The zero-order valence-electron chi connectivity index (χ0n) is 19.8. The molecular weight excluding hydrogens is 514 g/mol. The van der Waals surface area contributed by atoms with Crippen molar-refractivity contribution in [3.63, 3.8) is 0 Å². The van der Waals surface area contributed by atoms with E-state index in [0.29, 0.717) is 40.0 Å². The van der Waals surface area contributed by atoms with Gasteiger partial charge >= 0.3 is 5.97 Å². The molecule has 0 spiro atoms. The normalized spacial score (nSPS) is 15.3. The molecule has 0 amide bonds. The fourth-order valence-electron chi connectivity index (χ4n) is 4.03. The summed E-state index contributed by atoms with van der Waals surface area (Å²) in [5.74, 6) is -0.844. The number of fused-ring (bicyclic) bond motifs is 1. The summed E-state index contributed by atoms with van der Waals surface area (Å²) in [7, 11) is 2.12. The molecule has 0 unspecified atom stereocenters. The second-order valence-corrected chi connectivity index (χ2v) is 9.29. The molecule has 3 heterocycles. The van der Waals surface area contributed by atoms with Crippen molar-refractivity contribution in [2.75, 3.05) is 39.8 Å². The Morgan fingerprint density at radius 2 is 1.97 bits per heavy atom. The van der Waals surface area contributed by atoms with Crippen LogP contribution in [0.3, 0.4) is 0 Å². The molecule has 35 heavy (non-hydrogen) atoms. The van der Waals surface area contributed by atoms with Crippen molar-refractivity contribution in [2.45, 2.75) is 32.3 Å². The van der Waals surface area contributed by atoms with E-state index in [4.69, 9.17) is 4.74 Å². The number of aromatic amines is 1. The lowest BCUT2D eigenvalue weighted by molar-refractivity contribution is -0.150. The molecule has 1 aromatic carbocycles. The standard InChI is InChI=1S/C24H29FN4O3S.2ClH/c1-3-21(32-22(30)5-4-8-29-11-9-28(2)10-12-29)20-15-33-24(27-20)23(31)18-14-26-19-13-16(25)6-7-17(18)19;;/h6-7,13-15,21,26H,3-5,8-12H2,1-2H3;2*1H/t21-;;/m0../s1. The van der Waals surface area contributed by atoms with Crippen LogP contribution in [0, 0.1) is 5.82 Å². The van der Waals surface area contributed by atoms with Gasteiger partial charge in [0.1, 0.15) is 11.9 Å². The van der Waals surface area contributed by atoms with Gasteiger partial charge in [-0.05, 0) is 44.6 Å². The highest BCUT2D eigenvalue weighted by molar-refractivity contribution is 7.12. The number of hydrogen-bond donors (Lipinski definition) is 1. The van der Waals surface area contributed by atoms with Gasteiger partial charge in [-0.15, -0.1) is 36.2 Å². The van der Waals surface area contributed by atoms with Crippen LogP contribution < -0.4 is 0 Å². The Kier molecular flexibility index (Phi) is 11.1. The number of nitrogens with zero attached hydrogens (tertiary/aromatic N) is 3. The van der Waals surface area contributed by atoms with Crippen LogP contribution in [-0.2, 0) is 9.53 Å². The van der Waals surface area contributed by atoms with Gasteiger partial charge in [0.2, 0.25) is 5.78 Å². The van der Waals surface area contributed by atoms with Gasteiger partial charge < -0.3 is 19.5 Å². The number of benzene rings is 1. The van der Waals surface area contributed by atoms with Crippen LogP contribution in [0.2, 0.25) is 0 Å². The van der Waals surface area contributed by atoms with Gasteiger partial charge in [-0.2, -0.15) is 0 Å². The molecule has 7 nitrogen and oxygen atoms in total. The van der Waals surface area contributed by atoms with E-state index >= 15 is 0 Å². The maximum absolute atomic E-state index is 13.4. The predicted octanol–water partition coefficient (Wildman–Crippen LogP) is 4.86. The number of H-pyrrole nitrogens is 1. The van der Waals surface area contributed by atoms with E-state index in [0.717, 1.165) is 39.1 Å². The molecule has 3 aromatic rings. The first-order valence-electron chi connectivity index (χ1n) is 11.3. The molecule has 0 aliphatic carbocycles. The second kappa shape index (κ2) is 13.3. The van der Waals surface area contributed by atoms with Crippen molar-refractivity contribution in [2.24, 2.45) is 0 Å². The first-order chi connectivity index (χ1) is 15.9. The zero-order valence-corrected chi connectivity index (χ0v) is 22.2. The van der Waals surface area contributed by atoms with Crippen molar-refractivity contribution in [3.8, 4) is 0 Å². The molecule has 4 rings (SSSR count). The monoisotopic (exact) mass is 544 g/mol. The molecule has 1 N–H and O–H groups in total. The van der Waals surface area contributed by atoms with Crippen LogP contribution in [0.1, 0.15) is 53.3 Å². The summed E-state index contributed by atoms with van der Waals surface area (Å²) in [6.45, 7) is 7.00. The third-order valence-electron chi connectivity index (χ3n) is 6.03. The van der Waals surface area contributed by atoms with Crippen LogP contribution in [-0.4, -0.2) is 71.3 Å². The summed E-state index contributed by atoms with van der Waals surface area (Å²) in [5.41, 5.74) is 1.59. The summed E-state index contributed by atoms with van der Waals surface area (Å²) in [6.07, 6.45) is 2.81. The van der Waals surface area contributed by atoms with E-state index in [-0.39, 0.29) is 42.4 Å². The average molecular weight is 546 g/mol. The van der Waals surface area contributed by atoms with Crippen molar-refractivity contribution in [3.05, 3.63) is 51.9 Å². The van der Waals surface area contributed by atoms with Crippen molar-refractivity contribution in [1.82, 2.24) is 19.8 Å². The Bertz CT molecular complexity index is 1130. The number of piperazine rings is 1. The highest BCUT2D eigenvalue weighted by Gasteiger charge is 2.23. The van der Waals surface area contributed by atoms with Gasteiger partial charge in [-0.1, -0.05) is 6.92 Å². The number of thiazole rings is 1. The van der Waals surface area contributed by atoms with E-state index in [1.807, 2.05) is 6.92 Å². The first kappa shape index (κ1) is 29.2. The van der Waals surface area contributed by atoms with Gasteiger partial charge in [0, 0.05) is 55.1 Å². The molecule has 0 saturated carbocycles. The van der Waals surface area contributed by atoms with Gasteiger partial charge in [0.05, 0.1) is 11.3 Å². The topological polar surface area (TPSA) is 78.5 Å². The molecule has 1 atom stereocenters. The van der Waals surface area contributed by atoms with Crippen LogP contribution >= 0.6 is 36.2 Å². The minimum atomic E-state index is -0.476. The number of ketones is 1. The summed E-state index contributed by atoms with van der Waals surface area (Å²) >= 11 is 1.22. The van der Waals surface area contributed by atoms with Gasteiger partial charge in [-0.3, -0.25) is 9.59 Å². The SMILES string of the molecule is CC[C@H](OC(=O)CCCN1CCN(C)CC1)c1csc(C(=O)c2c[nH]c3cc(F)ccc23)n1.Cl.Cl. The van der Waals surface area contributed by atoms with E-state index in [1.165, 1.54) is 23.5 Å². The predicted molar refractivity (Wildman–Crippen MR) is 141 cm³/mol. The molecular formula is C24H31Cl2FN4O3S. The number of rotatable bonds is 9. The van der Waals surface area contributed by atoms with Gasteiger partial charge in [0.25, 0.3) is 0 Å². The van der Waals surface area contributed by atoms with Crippen LogP contribution in [0.4, 0.5) is 4.39 Å². The highest BCUT2D eigenvalue weighted by atomic mass is 35.5. The van der Waals surface area contributed by atoms with Crippen molar-refractivity contribution >= 4 is 58.8 Å². The minimum Gasteiger partial charge on any atom is -0.456 e. The Labute approximate surface area is 220 Å². The summed E-state index contributed by atoms with van der Waals surface area (Å²) in [4.78, 5) is 37.5. The number of nitrogens with one attached hydrogen (secondary N) is 1. The van der Waals surface area contributed by atoms with Gasteiger partial charge in [0.15, 0.2) is 5.01 Å². The Morgan fingerprint density at radius 3 is 2.69 bits per heavy atom. The average Bonchev–Trinajstić information content (AvgIpc) is 3.45. The Balaban J connectivity index is 0.00000216. The lowest BCUT2D eigenvalue weighted by Gasteiger charge is -2.32. The van der Waals surface area contributed by atoms with Crippen LogP contribution in [0.15, 0.2) is 29.8 Å². The number of carbonyl (C=O) groups excluding carboxylic acids is 2. The van der Waals surface area contributed by atoms with E-state index in [9.17, 15) is 14.0 Å². The molecule has 0 bridgehead atoms. The molecule has 1 fully saturated rings. The zero-order chi connectivity index (χ0) is 23.4. The molecule has 2 aromatic heterocycles. The fourth-order valence-corrected chi connectivity index (χ4v) is 4.84. The number of carbonyl (C=O) groups is 2. The number of aromatic nitrogens is 2. The molecule has 1 aliphatic rings. The first-order valence-corrected chi connectivity index (χ1v) is 12.2.